The highest BCUT2D eigenvalue weighted by molar-refractivity contribution is 7.89. The smallest absolute Gasteiger partial charge is 0.294 e. The van der Waals surface area contributed by atoms with Crippen LogP contribution in [0.5, 0.6) is 0 Å². The summed E-state index contributed by atoms with van der Waals surface area (Å²) >= 11 is 11.3. The van der Waals surface area contributed by atoms with E-state index in [-0.39, 0.29) is 39.2 Å². The fourth-order valence-corrected chi connectivity index (χ4v) is 9.76. The topological polar surface area (TPSA) is 315 Å². The molecular formula is C37H38Cl2F6N8O11S2. The first-order valence-electron chi connectivity index (χ1n) is 18.4. The Labute approximate surface area is 380 Å². The molecule has 4 aromatic rings. The van der Waals surface area contributed by atoms with Crippen molar-refractivity contribution in [1.29, 1.82) is 0 Å². The number of nitro benzene ring substituents is 1. The van der Waals surface area contributed by atoms with Crippen LogP contribution in [0.25, 0.3) is 0 Å². The second-order valence-electron chi connectivity index (χ2n) is 14.1. The molecule has 2 atom stereocenters. The largest absolute Gasteiger partial charge is 0.400 e. The van der Waals surface area contributed by atoms with Gasteiger partial charge in [0.15, 0.2) is 0 Å². The molecule has 2 aliphatic rings. The van der Waals surface area contributed by atoms with Gasteiger partial charge < -0.3 is 43.2 Å². The lowest BCUT2D eigenvalue weighted by molar-refractivity contribution is -0.384. The van der Waals surface area contributed by atoms with Gasteiger partial charge in [0.1, 0.15) is 39.3 Å². The number of anilines is 5. The number of sulfonamides is 2. The first-order valence-corrected chi connectivity index (χ1v) is 22.1. The van der Waals surface area contributed by atoms with Crippen molar-refractivity contribution in [2.75, 3.05) is 61.1 Å². The summed E-state index contributed by atoms with van der Waals surface area (Å²) in [6.07, 6.45) is -5.09. The maximum Gasteiger partial charge on any atom is 0.294 e. The monoisotopic (exact) mass is 1020 g/mol. The van der Waals surface area contributed by atoms with E-state index in [4.69, 9.17) is 45.5 Å². The molecule has 0 aromatic heterocycles. The molecule has 2 fully saturated rings. The van der Waals surface area contributed by atoms with Gasteiger partial charge in [0.25, 0.3) is 29.3 Å². The number of carbonyl (C=O) groups is 2. The van der Waals surface area contributed by atoms with E-state index in [1.807, 2.05) is 0 Å². The number of nitrogens with one attached hydrogen (secondary N) is 2. The number of nitro groups is 1. The predicted molar refractivity (Wildman–Crippen MR) is 228 cm³/mol. The molecule has 0 spiro atoms. The number of aliphatic hydroxyl groups excluding tert-OH is 3. The maximum atomic E-state index is 13.9. The van der Waals surface area contributed by atoms with Gasteiger partial charge in [0, 0.05) is 48.8 Å². The standard InChI is InChI=1S/C18H16ClF3N4O6S.C18H18ClF3N4O4S.CH4O/c19-11-7-10(1-2-12(11)20)24-17(28)9-5-13(26(29)30)16(23)14(6-9)33(31,32)25-4-3-15(27)18(21,22)8-25;19-11-7-10(1-2-12(11)20)25-17(28)9-5-13(23)16(24)14(6-9)31(29,30)26-4-3-15(27)18(21,22)8-26;1-2/h1-2,5-7,15,27H,3-4,8,23H2,(H,24,28);1-2,5-7,15,27H,3-4,8,23-24H2,(H,25,28);2H,1H3. The van der Waals surface area contributed by atoms with Gasteiger partial charge in [-0.1, -0.05) is 23.2 Å². The molecule has 0 saturated carbocycles. The zero-order valence-electron chi connectivity index (χ0n) is 33.7. The lowest BCUT2D eigenvalue weighted by atomic mass is 10.1. The number of alkyl halides is 4. The lowest BCUT2D eigenvalue weighted by Gasteiger charge is -2.35. The molecule has 2 unspecified atom stereocenters. The van der Waals surface area contributed by atoms with E-state index in [1.54, 1.807) is 0 Å². The number of aliphatic hydroxyl groups is 3. The number of halogens is 8. The van der Waals surface area contributed by atoms with Gasteiger partial charge in [0.2, 0.25) is 20.0 Å². The third-order valence-electron chi connectivity index (χ3n) is 9.66. The maximum absolute atomic E-state index is 13.9. The second kappa shape index (κ2) is 20.6. The Morgan fingerprint density at radius 1 is 0.712 bits per heavy atom. The number of hydrogen-bond acceptors (Lipinski definition) is 14. The second-order valence-corrected chi connectivity index (χ2v) is 18.7. The van der Waals surface area contributed by atoms with Crippen LogP contribution in [-0.2, 0) is 20.0 Å². The van der Waals surface area contributed by atoms with E-state index in [1.165, 1.54) is 6.07 Å². The van der Waals surface area contributed by atoms with Crippen LogP contribution >= 0.6 is 23.2 Å². The van der Waals surface area contributed by atoms with Gasteiger partial charge in [-0.25, -0.2) is 43.2 Å². The lowest BCUT2D eigenvalue weighted by Crippen LogP contribution is -2.53. The van der Waals surface area contributed by atoms with Crippen molar-refractivity contribution in [2.45, 2.75) is 46.7 Å². The van der Waals surface area contributed by atoms with Crippen molar-refractivity contribution in [2.24, 2.45) is 0 Å². The van der Waals surface area contributed by atoms with Gasteiger partial charge in [-0.15, -0.1) is 0 Å². The number of benzene rings is 4. The number of piperidine rings is 2. The van der Waals surface area contributed by atoms with E-state index in [9.17, 15) is 73.1 Å². The van der Waals surface area contributed by atoms with E-state index in [0.29, 0.717) is 20.7 Å². The first-order chi connectivity index (χ1) is 30.6. The number of rotatable bonds is 9. The molecule has 4 aromatic carbocycles. The zero-order chi connectivity index (χ0) is 49.9. The third-order valence-corrected chi connectivity index (χ3v) is 14.0. The number of hydrogen-bond donors (Lipinski definition) is 8. The molecule has 2 heterocycles. The van der Waals surface area contributed by atoms with Crippen LogP contribution in [0.2, 0.25) is 10.0 Å². The molecule has 360 valence electrons. The highest BCUT2D eigenvalue weighted by Gasteiger charge is 2.49. The minimum atomic E-state index is -4.82. The summed E-state index contributed by atoms with van der Waals surface area (Å²) in [7, 11) is -8.39. The SMILES string of the molecule is CO.Nc1c([N+](=O)[O-])cc(C(=O)Nc2ccc(F)c(Cl)c2)cc1S(=O)(=O)N1CCC(O)C(F)(F)C1.Nc1cc(C(=O)Nc2ccc(F)c(Cl)c2)cc(S(=O)(=O)N2CCC(O)C(F)(F)C2)c1N. The van der Waals surface area contributed by atoms with E-state index in [2.05, 4.69) is 10.6 Å². The van der Waals surface area contributed by atoms with Crippen LogP contribution in [-0.4, -0.2) is 115 Å². The van der Waals surface area contributed by atoms with Crippen molar-refractivity contribution >= 4 is 89.2 Å². The Morgan fingerprint density at radius 2 is 1.09 bits per heavy atom. The summed E-state index contributed by atoms with van der Waals surface area (Å²) in [5.41, 5.74) is 14.1. The zero-order valence-corrected chi connectivity index (χ0v) is 36.8. The number of nitrogens with zero attached hydrogens (tertiary/aromatic N) is 3. The summed E-state index contributed by atoms with van der Waals surface area (Å²) in [4.78, 5) is 34.0. The summed E-state index contributed by atoms with van der Waals surface area (Å²) in [6.45, 7) is -3.51. The summed E-state index contributed by atoms with van der Waals surface area (Å²) in [6, 6.07) is 9.99. The summed E-state index contributed by atoms with van der Waals surface area (Å²) in [5.74, 6) is -10.7. The first kappa shape index (κ1) is 53.1. The van der Waals surface area contributed by atoms with Crippen molar-refractivity contribution < 1.29 is 73.0 Å². The molecule has 2 aliphatic heterocycles. The molecule has 2 saturated heterocycles. The minimum Gasteiger partial charge on any atom is -0.400 e. The fourth-order valence-electron chi connectivity index (χ4n) is 6.14. The van der Waals surface area contributed by atoms with Gasteiger partial charge in [-0.05, 0) is 67.4 Å². The van der Waals surface area contributed by atoms with Crippen molar-refractivity contribution in [3.05, 3.63) is 104 Å². The summed E-state index contributed by atoms with van der Waals surface area (Å²) < 4.78 is 135. The minimum absolute atomic E-state index is 0.0000505. The average molecular weight is 1020 g/mol. The van der Waals surface area contributed by atoms with E-state index >= 15 is 0 Å². The van der Waals surface area contributed by atoms with Crippen LogP contribution in [0.3, 0.4) is 0 Å². The Morgan fingerprint density at radius 3 is 1.45 bits per heavy atom. The number of nitrogens with two attached hydrogens (primary N) is 3. The van der Waals surface area contributed by atoms with Crippen LogP contribution in [0, 0.1) is 21.7 Å². The molecule has 0 aliphatic carbocycles. The predicted octanol–water partition coefficient (Wildman–Crippen LogP) is 4.51. The van der Waals surface area contributed by atoms with Gasteiger partial charge in [-0.2, -0.15) is 8.61 Å². The molecule has 11 N–H and O–H groups in total. The normalized spacial score (nSPS) is 18.4. The molecular weight excluding hydrogens is 981 g/mol. The van der Waals surface area contributed by atoms with Gasteiger partial charge >= 0.3 is 0 Å². The van der Waals surface area contributed by atoms with Crippen LogP contribution in [0.4, 0.5) is 60.5 Å². The van der Waals surface area contributed by atoms with Crippen molar-refractivity contribution in [1.82, 2.24) is 8.61 Å². The molecule has 29 heteroatoms. The highest BCUT2D eigenvalue weighted by Crippen LogP contribution is 2.38. The van der Waals surface area contributed by atoms with Crippen LogP contribution < -0.4 is 27.8 Å². The van der Waals surface area contributed by atoms with Gasteiger partial charge in [0.05, 0.1) is 39.4 Å². The van der Waals surface area contributed by atoms with Crippen LogP contribution in [0.1, 0.15) is 33.6 Å². The Bertz CT molecular complexity index is 2760. The molecule has 0 bridgehead atoms. The molecule has 19 nitrogen and oxygen atoms in total. The molecule has 0 radical (unpaired) electrons. The quantitative estimate of drug-likeness (QED) is 0.0496. The molecule has 2 amide bonds. The molecule has 66 heavy (non-hydrogen) atoms. The third kappa shape index (κ3) is 11.7. The summed E-state index contributed by atoms with van der Waals surface area (Å²) in [5, 5.41) is 41.3. The Hall–Kier alpha value is -5.52. The fraction of sp³-hybridized carbons (Fsp3) is 0.297. The number of amides is 2. The Balaban J connectivity index is 0.000000279. The van der Waals surface area contributed by atoms with Crippen molar-refractivity contribution in [3.8, 4) is 0 Å². The van der Waals surface area contributed by atoms with Gasteiger partial charge in [-0.3, -0.25) is 19.7 Å². The average Bonchev–Trinajstić information content (AvgIpc) is 3.24. The Kier molecular flexibility index (Phi) is 16.5. The number of nitrogen functional groups attached to an aromatic ring is 3. The number of carbonyl (C=O) groups excluding carboxylic acids is 2. The highest BCUT2D eigenvalue weighted by atomic mass is 35.5. The molecule has 6 rings (SSSR count). The van der Waals surface area contributed by atoms with Crippen molar-refractivity contribution in [3.63, 3.8) is 0 Å². The van der Waals surface area contributed by atoms with Crippen LogP contribution in [0.15, 0.2) is 70.5 Å². The van der Waals surface area contributed by atoms with E-state index < -0.39 is 137 Å². The van der Waals surface area contributed by atoms with E-state index in [0.717, 1.165) is 49.6 Å².